The standard InChI is InChI=1S/C12H19N3O3/c1-8(2)15(6-5-11(16)17)12-13-9(3)7-10(14-12)18-4/h7-8H,5-6H2,1-4H3,(H,16,17). The molecule has 0 atom stereocenters. The highest BCUT2D eigenvalue weighted by Gasteiger charge is 2.16. The van der Waals surface area contributed by atoms with Crippen LogP contribution < -0.4 is 9.64 Å². The van der Waals surface area contributed by atoms with Gasteiger partial charge in [0.15, 0.2) is 0 Å². The molecule has 18 heavy (non-hydrogen) atoms. The Balaban J connectivity index is 2.97. The molecule has 0 fully saturated rings. The molecule has 1 rings (SSSR count). The summed E-state index contributed by atoms with van der Waals surface area (Å²) in [7, 11) is 1.54. The average Bonchev–Trinajstić information content (AvgIpc) is 2.27. The number of hydrogen-bond donors (Lipinski definition) is 1. The fourth-order valence-corrected chi connectivity index (χ4v) is 1.56. The Kier molecular flexibility index (Phi) is 4.88. The monoisotopic (exact) mass is 253 g/mol. The van der Waals surface area contributed by atoms with Crippen LogP contribution in [0.15, 0.2) is 6.07 Å². The number of carboxylic acid groups (broad SMARTS) is 1. The van der Waals surface area contributed by atoms with Gasteiger partial charge < -0.3 is 14.7 Å². The van der Waals surface area contributed by atoms with E-state index < -0.39 is 5.97 Å². The van der Waals surface area contributed by atoms with E-state index in [2.05, 4.69) is 9.97 Å². The third-order valence-corrected chi connectivity index (χ3v) is 2.47. The van der Waals surface area contributed by atoms with Crippen LogP contribution in [-0.4, -0.2) is 40.7 Å². The van der Waals surface area contributed by atoms with Crippen LogP contribution in [0, 0.1) is 6.92 Å². The van der Waals surface area contributed by atoms with E-state index in [1.54, 1.807) is 13.2 Å². The first-order valence-electron chi connectivity index (χ1n) is 5.82. The van der Waals surface area contributed by atoms with Gasteiger partial charge >= 0.3 is 5.97 Å². The molecule has 6 heteroatoms. The number of aliphatic carboxylic acids is 1. The van der Waals surface area contributed by atoms with Crippen molar-refractivity contribution in [3.8, 4) is 5.88 Å². The lowest BCUT2D eigenvalue weighted by Crippen LogP contribution is -2.34. The Morgan fingerprint density at radius 3 is 2.67 bits per heavy atom. The molecule has 0 bridgehead atoms. The quantitative estimate of drug-likeness (QED) is 0.827. The Morgan fingerprint density at radius 2 is 2.17 bits per heavy atom. The Labute approximate surface area is 107 Å². The molecule has 0 spiro atoms. The summed E-state index contributed by atoms with van der Waals surface area (Å²) in [5.74, 6) is 0.154. The molecule has 0 saturated heterocycles. The van der Waals surface area contributed by atoms with Gasteiger partial charge in [0.2, 0.25) is 11.8 Å². The predicted octanol–water partition coefficient (Wildman–Crippen LogP) is 1.48. The first kappa shape index (κ1) is 14.2. The number of aromatic nitrogens is 2. The van der Waals surface area contributed by atoms with Crippen LogP contribution in [0.4, 0.5) is 5.95 Å². The molecule has 0 amide bonds. The Morgan fingerprint density at radius 1 is 1.50 bits per heavy atom. The number of hydrogen-bond acceptors (Lipinski definition) is 5. The van der Waals surface area contributed by atoms with E-state index in [4.69, 9.17) is 9.84 Å². The molecular formula is C12H19N3O3. The molecule has 1 heterocycles. The molecule has 0 aliphatic heterocycles. The van der Waals surface area contributed by atoms with Gasteiger partial charge in [-0.15, -0.1) is 0 Å². The van der Waals surface area contributed by atoms with Gasteiger partial charge in [-0.3, -0.25) is 4.79 Å². The number of methoxy groups -OCH3 is 1. The fraction of sp³-hybridized carbons (Fsp3) is 0.583. The van der Waals surface area contributed by atoms with Gasteiger partial charge in [0.05, 0.1) is 13.5 Å². The minimum atomic E-state index is -0.833. The van der Waals surface area contributed by atoms with Crippen LogP contribution in [0.3, 0.4) is 0 Å². The van der Waals surface area contributed by atoms with Crippen molar-refractivity contribution in [3.63, 3.8) is 0 Å². The predicted molar refractivity (Wildman–Crippen MR) is 68.1 cm³/mol. The molecule has 0 aromatic carbocycles. The van der Waals surface area contributed by atoms with Crippen LogP contribution in [0.1, 0.15) is 26.0 Å². The first-order valence-corrected chi connectivity index (χ1v) is 5.82. The van der Waals surface area contributed by atoms with E-state index in [1.165, 1.54) is 0 Å². The smallest absolute Gasteiger partial charge is 0.305 e. The summed E-state index contributed by atoms with van der Waals surface area (Å²) >= 11 is 0. The summed E-state index contributed by atoms with van der Waals surface area (Å²) in [5, 5.41) is 8.75. The van der Waals surface area contributed by atoms with Crippen LogP contribution in [0.25, 0.3) is 0 Å². The summed E-state index contributed by atoms with van der Waals surface area (Å²) in [6, 6.07) is 1.86. The second-order valence-corrected chi connectivity index (χ2v) is 4.28. The van der Waals surface area contributed by atoms with Crippen molar-refractivity contribution in [1.29, 1.82) is 0 Å². The van der Waals surface area contributed by atoms with Crippen molar-refractivity contribution in [2.45, 2.75) is 33.2 Å². The number of rotatable bonds is 6. The summed E-state index contributed by atoms with van der Waals surface area (Å²) < 4.78 is 5.10. The molecule has 0 saturated carbocycles. The second-order valence-electron chi connectivity index (χ2n) is 4.28. The van der Waals surface area contributed by atoms with Crippen molar-refractivity contribution in [2.24, 2.45) is 0 Å². The molecule has 0 unspecified atom stereocenters. The molecule has 1 aromatic rings. The third kappa shape index (κ3) is 3.87. The van der Waals surface area contributed by atoms with Gasteiger partial charge in [-0.1, -0.05) is 0 Å². The molecule has 0 aliphatic carbocycles. The maximum absolute atomic E-state index is 10.7. The highest BCUT2D eigenvalue weighted by Crippen LogP contribution is 2.17. The fourth-order valence-electron chi connectivity index (χ4n) is 1.56. The van der Waals surface area contributed by atoms with Crippen LogP contribution >= 0.6 is 0 Å². The zero-order valence-electron chi connectivity index (χ0n) is 11.2. The van der Waals surface area contributed by atoms with E-state index in [0.717, 1.165) is 5.69 Å². The van der Waals surface area contributed by atoms with Crippen molar-refractivity contribution in [3.05, 3.63) is 11.8 Å². The van der Waals surface area contributed by atoms with Crippen molar-refractivity contribution in [1.82, 2.24) is 9.97 Å². The van der Waals surface area contributed by atoms with Crippen LogP contribution in [0.2, 0.25) is 0 Å². The topological polar surface area (TPSA) is 75.5 Å². The maximum atomic E-state index is 10.7. The van der Waals surface area contributed by atoms with Crippen molar-refractivity contribution < 1.29 is 14.6 Å². The highest BCUT2D eigenvalue weighted by atomic mass is 16.5. The average molecular weight is 253 g/mol. The third-order valence-electron chi connectivity index (χ3n) is 2.47. The SMILES string of the molecule is COc1cc(C)nc(N(CCC(=O)O)C(C)C)n1. The lowest BCUT2D eigenvalue weighted by atomic mass is 10.3. The van der Waals surface area contributed by atoms with Gasteiger partial charge in [0, 0.05) is 24.3 Å². The highest BCUT2D eigenvalue weighted by molar-refractivity contribution is 5.67. The van der Waals surface area contributed by atoms with Crippen molar-refractivity contribution >= 4 is 11.9 Å². The molecule has 0 aliphatic rings. The zero-order chi connectivity index (χ0) is 13.7. The van der Waals surface area contributed by atoms with E-state index in [1.807, 2.05) is 25.7 Å². The first-order chi connectivity index (χ1) is 8.43. The van der Waals surface area contributed by atoms with Gasteiger partial charge in [-0.2, -0.15) is 4.98 Å². The van der Waals surface area contributed by atoms with Gasteiger partial charge in [0.25, 0.3) is 0 Å². The Hall–Kier alpha value is -1.85. The molecule has 100 valence electrons. The molecule has 1 N–H and O–H groups in total. The summed E-state index contributed by atoms with van der Waals surface area (Å²) in [6.45, 7) is 6.17. The van der Waals surface area contributed by atoms with E-state index in [-0.39, 0.29) is 12.5 Å². The molecule has 1 aromatic heterocycles. The van der Waals surface area contributed by atoms with E-state index in [9.17, 15) is 4.79 Å². The number of anilines is 1. The number of aryl methyl sites for hydroxylation is 1. The number of nitrogens with zero attached hydrogens (tertiary/aromatic N) is 3. The largest absolute Gasteiger partial charge is 0.481 e. The minimum absolute atomic E-state index is 0.0534. The van der Waals surface area contributed by atoms with Crippen LogP contribution in [-0.2, 0) is 4.79 Å². The van der Waals surface area contributed by atoms with E-state index >= 15 is 0 Å². The minimum Gasteiger partial charge on any atom is -0.481 e. The summed E-state index contributed by atoms with van der Waals surface area (Å²) in [6.07, 6.45) is 0.0534. The number of carboxylic acids is 1. The van der Waals surface area contributed by atoms with Crippen molar-refractivity contribution in [2.75, 3.05) is 18.6 Å². The van der Waals surface area contributed by atoms with E-state index in [0.29, 0.717) is 18.4 Å². The normalized spacial score (nSPS) is 10.5. The summed E-state index contributed by atoms with van der Waals surface area (Å²) in [5.41, 5.74) is 0.790. The van der Waals surface area contributed by atoms with Crippen LogP contribution in [0.5, 0.6) is 5.88 Å². The number of ether oxygens (including phenoxy) is 1. The molecule has 6 nitrogen and oxygen atoms in total. The summed E-state index contributed by atoms with van der Waals surface area (Å²) in [4.78, 5) is 21.1. The lowest BCUT2D eigenvalue weighted by molar-refractivity contribution is -0.136. The molecular weight excluding hydrogens is 234 g/mol. The van der Waals surface area contributed by atoms with Gasteiger partial charge in [0.1, 0.15) is 0 Å². The number of carbonyl (C=O) groups is 1. The van der Waals surface area contributed by atoms with Gasteiger partial charge in [-0.25, -0.2) is 4.98 Å². The van der Waals surface area contributed by atoms with Gasteiger partial charge in [-0.05, 0) is 20.8 Å². The molecule has 0 radical (unpaired) electrons. The second kappa shape index (κ2) is 6.18. The maximum Gasteiger partial charge on any atom is 0.305 e. The Bertz CT molecular complexity index is 421. The lowest BCUT2D eigenvalue weighted by Gasteiger charge is -2.26. The zero-order valence-corrected chi connectivity index (χ0v) is 11.2.